The van der Waals surface area contributed by atoms with Gasteiger partial charge in [0.15, 0.2) is 46.2 Å². The molecule has 0 bridgehead atoms. The molecule has 0 amide bonds. The Morgan fingerprint density at radius 1 is 0.771 bits per heavy atom. The fraction of sp³-hybridized carbons (Fsp3) is 0.406. The standard InChI is InChI=1S/C32H35F2O11PS2/c1-31(2,30(37)38)14-18(35)24-10-16-22(47-24)12-20(42-5)28(26(16)33)44-8-7-9-45-29-21(43-6)13-23-17(27(29)34)11-25(48-23)19(36)15-32(3,4)46(39,40)41/h10-13H,7-9,14-15H2,1-6H3,(H,37,38)(H2,39,40,41). The summed E-state index contributed by atoms with van der Waals surface area (Å²) in [7, 11) is -1.92. The Morgan fingerprint density at radius 3 is 1.56 bits per heavy atom. The summed E-state index contributed by atoms with van der Waals surface area (Å²) >= 11 is 1.98. The molecule has 2 aromatic carbocycles. The van der Waals surface area contributed by atoms with Gasteiger partial charge in [0.25, 0.3) is 0 Å². The second kappa shape index (κ2) is 14.1. The number of hydrogen-bond donors (Lipinski definition) is 3. The van der Waals surface area contributed by atoms with Crippen LogP contribution in [0.5, 0.6) is 23.0 Å². The maximum Gasteiger partial charge on any atom is 0.331 e. The average Bonchev–Trinajstić information content (AvgIpc) is 3.63. The number of aliphatic carboxylic acids is 1. The first kappa shape index (κ1) is 37.2. The van der Waals surface area contributed by atoms with Crippen LogP contribution in [-0.2, 0) is 9.36 Å². The van der Waals surface area contributed by atoms with Crippen molar-refractivity contribution in [2.24, 2.45) is 5.41 Å². The molecule has 0 radical (unpaired) electrons. The Balaban J connectivity index is 1.46. The summed E-state index contributed by atoms with van der Waals surface area (Å²) in [5, 5.41) is 7.94. The lowest BCUT2D eigenvalue weighted by atomic mass is 9.87. The third kappa shape index (κ3) is 7.65. The van der Waals surface area contributed by atoms with Crippen LogP contribution in [0.1, 0.15) is 66.3 Å². The number of carboxylic acid groups (broad SMARTS) is 1. The molecule has 4 rings (SSSR count). The molecule has 2 aromatic heterocycles. The van der Waals surface area contributed by atoms with Crippen molar-refractivity contribution in [2.45, 2.75) is 52.1 Å². The third-order valence-corrected chi connectivity index (χ3v) is 11.7. The van der Waals surface area contributed by atoms with E-state index in [0.717, 1.165) is 22.7 Å². The number of ketones is 2. The van der Waals surface area contributed by atoms with E-state index in [1.165, 1.54) is 66.2 Å². The van der Waals surface area contributed by atoms with Crippen molar-refractivity contribution < 1.29 is 61.6 Å². The van der Waals surface area contributed by atoms with Crippen LogP contribution < -0.4 is 18.9 Å². The van der Waals surface area contributed by atoms with Gasteiger partial charge in [-0.05, 0) is 39.8 Å². The molecule has 0 spiro atoms. The van der Waals surface area contributed by atoms with Gasteiger partial charge in [-0.25, -0.2) is 8.78 Å². The van der Waals surface area contributed by atoms with Gasteiger partial charge in [0, 0.05) is 51.6 Å². The second-order valence-electron chi connectivity index (χ2n) is 12.3. The summed E-state index contributed by atoms with van der Waals surface area (Å²) < 4.78 is 65.7. The van der Waals surface area contributed by atoms with Crippen molar-refractivity contribution >= 4 is 68.0 Å². The zero-order valence-electron chi connectivity index (χ0n) is 27.0. The van der Waals surface area contributed by atoms with Crippen molar-refractivity contribution in [2.75, 3.05) is 27.4 Å². The van der Waals surface area contributed by atoms with Crippen molar-refractivity contribution in [1.29, 1.82) is 0 Å². The SMILES string of the molecule is COc1cc2sc(C(=O)CC(C)(C)C(=O)O)cc2c(F)c1OCCCOc1c(OC)cc2sc(C(=O)CC(C)(C)P(=O)(O)O)cc2c1F. The van der Waals surface area contributed by atoms with Crippen LogP contribution in [0.4, 0.5) is 8.78 Å². The molecule has 11 nitrogen and oxygen atoms in total. The number of benzene rings is 2. The molecule has 3 N–H and O–H groups in total. The van der Waals surface area contributed by atoms with Gasteiger partial charge in [-0.1, -0.05) is 0 Å². The first-order valence-electron chi connectivity index (χ1n) is 14.5. The zero-order chi connectivity index (χ0) is 35.8. The number of carbonyl (C=O) groups is 3. The lowest BCUT2D eigenvalue weighted by Crippen LogP contribution is -2.26. The van der Waals surface area contributed by atoms with E-state index in [4.69, 9.17) is 18.9 Å². The van der Waals surface area contributed by atoms with Crippen molar-refractivity contribution in [3.63, 3.8) is 0 Å². The fourth-order valence-electron chi connectivity index (χ4n) is 4.60. The van der Waals surface area contributed by atoms with Gasteiger partial charge in [0.1, 0.15) is 0 Å². The van der Waals surface area contributed by atoms with E-state index in [0.29, 0.717) is 9.40 Å². The van der Waals surface area contributed by atoms with Crippen LogP contribution in [0, 0.1) is 17.0 Å². The smallest absolute Gasteiger partial charge is 0.331 e. The van der Waals surface area contributed by atoms with Gasteiger partial charge in [-0.3, -0.25) is 18.9 Å². The monoisotopic (exact) mass is 728 g/mol. The lowest BCUT2D eigenvalue weighted by Gasteiger charge is -2.24. The number of carboxylic acids is 1. The summed E-state index contributed by atoms with van der Waals surface area (Å²) in [6.07, 6.45) is -0.538. The predicted octanol–water partition coefficient (Wildman–Crippen LogP) is 7.47. The zero-order valence-corrected chi connectivity index (χ0v) is 29.5. The van der Waals surface area contributed by atoms with Crippen LogP contribution in [0.25, 0.3) is 20.2 Å². The van der Waals surface area contributed by atoms with E-state index >= 15 is 8.78 Å². The highest BCUT2D eigenvalue weighted by atomic mass is 32.1. The summed E-state index contributed by atoms with van der Waals surface area (Å²) in [5.74, 6) is -3.93. The number of ether oxygens (including phenoxy) is 4. The molecule has 260 valence electrons. The molecule has 4 aromatic rings. The Morgan fingerprint density at radius 2 is 1.19 bits per heavy atom. The molecule has 0 fully saturated rings. The van der Waals surface area contributed by atoms with Crippen molar-refractivity contribution in [3.05, 3.63) is 45.7 Å². The molecule has 0 unspecified atom stereocenters. The minimum absolute atomic E-state index is 0.0602. The predicted molar refractivity (Wildman–Crippen MR) is 178 cm³/mol. The molecule has 2 heterocycles. The number of hydrogen-bond acceptors (Lipinski definition) is 10. The van der Waals surface area contributed by atoms with E-state index in [1.807, 2.05) is 0 Å². The number of Topliss-reactive ketones (excluding diaryl/α,β-unsaturated/α-hetero) is 2. The number of rotatable bonds is 16. The third-order valence-electron chi connectivity index (χ3n) is 7.70. The highest BCUT2D eigenvalue weighted by Gasteiger charge is 2.40. The first-order chi connectivity index (χ1) is 22.3. The largest absolute Gasteiger partial charge is 0.493 e. The molecule has 0 saturated heterocycles. The normalized spacial score (nSPS) is 12.4. The topological polar surface area (TPSA) is 166 Å². The van der Waals surface area contributed by atoms with Crippen LogP contribution in [-0.4, -0.2) is 65.0 Å². The summed E-state index contributed by atoms with van der Waals surface area (Å²) in [6, 6.07) is 5.69. The minimum atomic E-state index is -4.57. The molecular formula is C32H35F2O11PS2. The van der Waals surface area contributed by atoms with Crippen molar-refractivity contribution in [1.82, 2.24) is 0 Å². The molecule has 0 aliphatic rings. The second-order valence-corrected chi connectivity index (χ2v) is 16.8. The maximum atomic E-state index is 15.6. The van der Waals surface area contributed by atoms with Gasteiger partial charge < -0.3 is 33.8 Å². The highest BCUT2D eigenvalue weighted by Crippen LogP contribution is 2.52. The Hall–Kier alpha value is -3.62. The van der Waals surface area contributed by atoms with Gasteiger partial charge >= 0.3 is 13.6 Å². The summed E-state index contributed by atoms with van der Waals surface area (Å²) in [5.41, 5.74) is -1.29. The maximum absolute atomic E-state index is 15.6. The van der Waals surface area contributed by atoms with E-state index in [9.17, 15) is 33.8 Å². The molecule has 0 aliphatic heterocycles. The quantitative estimate of drug-likeness (QED) is 0.0595. The van der Waals surface area contributed by atoms with E-state index in [1.54, 1.807) is 0 Å². The van der Waals surface area contributed by atoms with Gasteiger partial charge in [-0.2, -0.15) is 0 Å². The molecule has 0 atom stereocenters. The van der Waals surface area contributed by atoms with E-state index in [2.05, 4.69) is 0 Å². The first-order valence-corrected chi connectivity index (χ1v) is 17.8. The number of thiophene rings is 2. The van der Waals surface area contributed by atoms with Crippen molar-refractivity contribution in [3.8, 4) is 23.0 Å². The van der Waals surface area contributed by atoms with Crippen LogP contribution >= 0.6 is 30.3 Å². The minimum Gasteiger partial charge on any atom is -0.493 e. The number of fused-ring (bicyclic) bond motifs is 2. The Bertz CT molecular complexity index is 1940. The molecule has 48 heavy (non-hydrogen) atoms. The lowest BCUT2D eigenvalue weighted by molar-refractivity contribution is -0.146. The summed E-state index contributed by atoms with van der Waals surface area (Å²) in [4.78, 5) is 56.5. The molecule has 16 heteroatoms. The molecular weight excluding hydrogens is 693 g/mol. The van der Waals surface area contributed by atoms with Crippen LogP contribution in [0.15, 0.2) is 24.3 Å². The number of methoxy groups -OCH3 is 2. The summed E-state index contributed by atoms with van der Waals surface area (Å²) in [6.45, 7) is 5.30. The Kier molecular flexibility index (Phi) is 10.9. The fourth-order valence-corrected chi connectivity index (χ4v) is 7.00. The molecule has 0 saturated carbocycles. The Labute approximate surface area is 282 Å². The van der Waals surface area contributed by atoms with Crippen LogP contribution in [0.2, 0.25) is 0 Å². The van der Waals surface area contributed by atoms with Gasteiger partial charge in [0.2, 0.25) is 0 Å². The van der Waals surface area contributed by atoms with E-state index < -0.39 is 53.8 Å². The van der Waals surface area contributed by atoms with Gasteiger partial charge in [-0.15, -0.1) is 22.7 Å². The molecule has 0 aliphatic carbocycles. The average molecular weight is 729 g/mol. The van der Waals surface area contributed by atoms with E-state index in [-0.39, 0.29) is 69.6 Å². The highest BCUT2D eigenvalue weighted by molar-refractivity contribution is 7.53. The number of halogens is 2. The van der Waals surface area contributed by atoms with Gasteiger partial charge in [0.05, 0.1) is 47.8 Å². The number of carbonyl (C=O) groups excluding carboxylic acids is 2. The van der Waals surface area contributed by atoms with Crippen LogP contribution in [0.3, 0.4) is 0 Å².